The fourth-order valence-corrected chi connectivity index (χ4v) is 2.99. The van der Waals surface area contributed by atoms with Gasteiger partial charge in [0.2, 0.25) is 5.91 Å². The van der Waals surface area contributed by atoms with E-state index in [-0.39, 0.29) is 29.9 Å². The van der Waals surface area contributed by atoms with Gasteiger partial charge in [0.1, 0.15) is 5.60 Å². The summed E-state index contributed by atoms with van der Waals surface area (Å²) in [7, 11) is 0. The smallest absolute Gasteiger partial charge is 0.410 e. The number of carbonyl (C=O) groups excluding carboxylic acids is 3. The van der Waals surface area contributed by atoms with Gasteiger partial charge in [0.15, 0.2) is 0 Å². The average Bonchev–Trinajstić information content (AvgIpc) is 2.53. The summed E-state index contributed by atoms with van der Waals surface area (Å²) in [6.07, 6.45) is 1.62. The molecule has 3 N–H and O–H groups in total. The molecule has 142 valence electrons. The Morgan fingerprint density at radius 2 is 1.96 bits per heavy atom. The number of para-hydroxylation sites is 1. The van der Waals surface area contributed by atoms with E-state index < -0.39 is 11.5 Å². The Morgan fingerprint density at radius 3 is 2.62 bits per heavy atom. The van der Waals surface area contributed by atoms with Gasteiger partial charge in [0.25, 0.3) is 5.91 Å². The van der Waals surface area contributed by atoms with Gasteiger partial charge in [-0.3, -0.25) is 9.59 Å². The lowest BCUT2D eigenvalue weighted by atomic mass is 9.94. The minimum absolute atomic E-state index is 0.0528. The molecule has 1 aliphatic heterocycles. The van der Waals surface area contributed by atoms with Crippen molar-refractivity contribution in [2.45, 2.75) is 45.6 Å². The summed E-state index contributed by atoms with van der Waals surface area (Å²) in [4.78, 5) is 37.7. The number of ether oxygens (including phenoxy) is 1. The number of anilines is 1. The van der Waals surface area contributed by atoms with Crippen molar-refractivity contribution in [2.75, 3.05) is 18.4 Å². The zero-order chi connectivity index (χ0) is 19.3. The molecule has 0 aromatic heterocycles. The Bertz CT molecular complexity index is 682. The molecule has 1 aromatic carbocycles. The van der Waals surface area contributed by atoms with Crippen molar-refractivity contribution in [1.82, 2.24) is 4.90 Å². The number of nitrogens with one attached hydrogen (secondary N) is 1. The Hall–Kier alpha value is -2.57. The van der Waals surface area contributed by atoms with Gasteiger partial charge in [-0.15, -0.1) is 0 Å². The quantitative estimate of drug-likeness (QED) is 0.861. The number of benzene rings is 1. The van der Waals surface area contributed by atoms with Crippen molar-refractivity contribution in [3.05, 3.63) is 29.8 Å². The zero-order valence-electron chi connectivity index (χ0n) is 15.6. The third kappa shape index (κ3) is 5.75. The van der Waals surface area contributed by atoms with Crippen LogP contribution in [0.5, 0.6) is 0 Å². The van der Waals surface area contributed by atoms with Gasteiger partial charge in [-0.25, -0.2) is 4.79 Å². The fraction of sp³-hybridized carbons (Fsp3) is 0.526. The van der Waals surface area contributed by atoms with Crippen LogP contribution in [-0.2, 0) is 9.53 Å². The van der Waals surface area contributed by atoms with Crippen LogP contribution in [0.2, 0.25) is 0 Å². The molecule has 3 amide bonds. The first-order chi connectivity index (χ1) is 12.2. The largest absolute Gasteiger partial charge is 0.444 e. The SMILES string of the molecule is CC(C)(C)OC(=O)N1CCCC(CC(=O)Nc2ccccc2C(N)=O)C1. The minimum Gasteiger partial charge on any atom is -0.444 e. The van der Waals surface area contributed by atoms with Gasteiger partial charge in [-0.1, -0.05) is 12.1 Å². The van der Waals surface area contributed by atoms with Crippen molar-refractivity contribution < 1.29 is 19.1 Å². The molecule has 2 rings (SSSR count). The molecular formula is C19H27N3O4. The molecule has 1 aromatic rings. The highest BCUT2D eigenvalue weighted by Crippen LogP contribution is 2.23. The molecule has 7 heteroatoms. The zero-order valence-corrected chi connectivity index (χ0v) is 15.6. The number of primary amides is 1. The third-order valence-electron chi connectivity index (χ3n) is 4.11. The number of amides is 3. The molecule has 1 atom stereocenters. The van der Waals surface area contributed by atoms with Gasteiger partial charge >= 0.3 is 6.09 Å². The first kappa shape index (κ1) is 19.8. The van der Waals surface area contributed by atoms with Gasteiger partial charge in [0, 0.05) is 19.5 Å². The van der Waals surface area contributed by atoms with Crippen LogP contribution in [0.3, 0.4) is 0 Å². The number of hydrogen-bond acceptors (Lipinski definition) is 4. The highest BCUT2D eigenvalue weighted by molar-refractivity contribution is 6.03. The summed E-state index contributed by atoms with van der Waals surface area (Å²) in [6.45, 7) is 6.61. The number of carbonyl (C=O) groups is 3. The van der Waals surface area contributed by atoms with E-state index in [1.165, 1.54) is 0 Å². The lowest BCUT2D eigenvalue weighted by Crippen LogP contribution is -2.43. The van der Waals surface area contributed by atoms with E-state index in [9.17, 15) is 14.4 Å². The summed E-state index contributed by atoms with van der Waals surface area (Å²) in [6, 6.07) is 6.64. The van der Waals surface area contributed by atoms with Crippen molar-refractivity contribution in [1.29, 1.82) is 0 Å². The minimum atomic E-state index is -0.588. The van der Waals surface area contributed by atoms with E-state index in [2.05, 4.69) is 5.32 Å². The normalized spacial score (nSPS) is 17.5. The predicted octanol–water partition coefficient (Wildman–Crippen LogP) is 2.76. The summed E-state index contributed by atoms with van der Waals surface area (Å²) in [5.41, 5.74) is 5.47. The molecular weight excluding hydrogens is 334 g/mol. The highest BCUT2D eigenvalue weighted by Gasteiger charge is 2.28. The molecule has 0 radical (unpaired) electrons. The van der Waals surface area contributed by atoms with E-state index in [0.29, 0.717) is 18.8 Å². The van der Waals surface area contributed by atoms with E-state index in [1.54, 1.807) is 29.2 Å². The monoisotopic (exact) mass is 361 g/mol. The second-order valence-electron chi connectivity index (χ2n) is 7.60. The van der Waals surface area contributed by atoms with Crippen LogP contribution in [0.15, 0.2) is 24.3 Å². The average molecular weight is 361 g/mol. The molecule has 0 spiro atoms. The topological polar surface area (TPSA) is 102 Å². The van der Waals surface area contributed by atoms with Gasteiger partial charge in [-0.2, -0.15) is 0 Å². The first-order valence-corrected chi connectivity index (χ1v) is 8.82. The Morgan fingerprint density at radius 1 is 1.27 bits per heavy atom. The van der Waals surface area contributed by atoms with Gasteiger partial charge < -0.3 is 20.7 Å². The Kier molecular flexibility index (Phi) is 6.23. The van der Waals surface area contributed by atoms with E-state index in [1.807, 2.05) is 20.8 Å². The summed E-state index contributed by atoms with van der Waals surface area (Å²) >= 11 is 0. The number of likely N-dealkylation sites (tertiary alicyclic amines) is 1. The molecule has 1 unspecified atom stereocenters. The maximum Gasteiger partial charge on any atom is 0.410 e. The van der Waals surface area contributed by atoms with E-state index in [4.69, 9.17) is 10.5 Å². The first-order valence-electron chi connectivity index (χ1n) is 8.82. The number of nitrogens with zero attached hydrogens (tertiary/aromatic N) is 1. The molecule has 1 heterocycles. The second kappa shape index (κ2) is 8.21. The molecule has 1 aliphatic rings. The molecule has 0 saturated carbocycles. The highest BCUT2D eigenvalue weighted by atomic mass is 16.6. The Balaban J connectivity index is 1.93. The van der Waals surface area contributed by atoms with Crippen LogP contribution < -0.4 is 11.1 Å². The molecule has 7 nitrogen and oxygen atoms in total. The molecule has 1 fully saturated rings. The van der Waals surface area contributed by atoms with Crippen LogP contribution in [0.1, 0.15) is 50.4 Å². The molecule has 0 bridgehead atoms. The number of hydrogen-bond donors (Lipinski definition) is 2. The van der Waals surface area contributed by atoms with Crippen LogP contribution in [0, 0.1) is 5.92 Å². The third-order valence-corrected chi connectivity index (χ3v) is 4.11. The maximum absolute atomic E-state index is 12.4. The van der Waals surface area contributed by atoms with Gasteiger partial charge in [0.05, 0.1) is 11.3 Å². The predicted molar refractivity (Wildman–Crippen MR) is 98.7 cm³/mol. The molecule has 1 saturated heterocycles. The van der Waals surface area contributed by atoms with Crippen LogP contribution in [0.4, 0.5) is 10.5 Å². The van der Waals surface area contributed by atoms with Crippen molar-refractivity contribution in [3.63, 3.8) is 0 Å². The summed E-state index contributed by atoms with van der Waals surface area (Å²) in [5.74, 6) is -0.735. The van der Waals surface area contributed by atoms with Crippen molar-refractivity contribution >= 4 is 23.6 Å². The summed E-state index contributed by atoms with van der Waals surface area (Å²) < 4.78 is 5.40. The standard InChI is InChI=1S/C19H27N3O4/c1-19(2,3)26-18(25)22-10-6-7-13(12-22)11-16(23)21-15-9-5-4-8-14(15)17(20)24/h4-5,8-9,13H,6-7,10-12H2,1-3H3,(H2,20,24)(H,21,23). The van der Waals surface area contributed by atoms with Gasteiger partial charge in [-0.05, 0) is 51.7 Å². The van der Waals surface area contributed by atoms with Crippen LogP contribution >= 0.6 is 0 Å². The lowest BCUT2D eigenvalue weighted by molar-refractivity contribution is -0.117. The van der Waals surface area contributed by atoms with E-state index in [0.717, 1.165) is 12.8 Å². The van der Waals surface area contributed by atoms with Crippen molar-refractivity contribution in [3.8, 4) is 0 Å². The lowest BCUT2D eigenvalue weighted by Gasteiger charge is -2.34. The van der Waals surface area contributed by atoms with Crippen molar-refractivity contribution in [2.24, 2.45) is 11.7 Å². The second-order valence-corrected chi connectivity index (χ2v) is 7.60. The number of nitrogens with two attached hydrogens (primary N) is 1. The maximum atomic E-state index is 12.4. The summed E-state index contributed by atoms with van der Waals surface area (Å²) in [5, 5.41) is 2.75. The number of piperidine rings is 1. The van der Waals surface area contributed by atoms with E-state index >= 15 is 0 Å². The Labute approximate surface area is 153 Å². The van der Waals surface area contributed by atoms with Crippen LogP contribution in [0.25, 0.3) is 0 Å². The molecule has 0 aliphatic carbocycles. The number of rotatable bonds is 4. The van der Waals surface area contributed by atoms with Crippen LogP contribution in [-0.4, -0.2) is 41.5 Å². The fourth-order valence-electron chi connectivity index (χ4n) is 2.99. The molecule has 26 heavy (non-hydrogen) atoms.